The van der Waals surface area contributed by atoms with Crippen LogP contribution in [0.4, 0.5) is 0 Å². The van der Waals surface area contributed by atoms with Gasteiger partial charge in [0.05, 0.1) is 19.2 Å². The highest BCUT2D eigenvalue weighted by Gasteiger charge is 2.19. The first-order chi connectivity index (χ1) is 7.52. The first kappa shape index (κ1) is 12.8. The normalized spacial score (nSPS) is 10.2. The van der Waals surface area contributed by atoms with E-state index in [2.05, 4.69) is 5.32 Å². The van der Waals surface area contributed by atoms with Gasteiger partial charge in [-0.2, -0.15) is 0 Å². The number of hydrogen-bond acceptors (Lipinski definition) is 4. The first-order valence-corrected chi connectivity index (χ1v) is 5.14. The highest BCUT2D eigenvalue weighted by atomic mass is 35.5. The SMILES string of the molecule is CNCC(=O)c1cc(C)c(O)c(Cl)c1OC. The van der Waals surface area contributed by atoms with E-state index >= 15 is 0 Å². The van der Waals surface area contributed by atoms with E-state index in [0.29, 0.717) is 11.1 Å². The van der Waals surface area contributed by atoms with Gasteiger partial charge in [-0.15, -0.1) is 0 Å². The summed E-state index contributed by atoms with van der Waals surface area (Å²) in [5.41, 5.74) is 0.919. The number of nitrogens with one attached hydrogen (secondary N) is 1. The number of carbonyl (C=O) groups is 1. The Hall–Kier alpha value is -1.26. The third-order valence-corrected chi connectivity index (χ3v) is 2.58. The Bertz CT molecular complexity index is 418. The smallest absolute Gasteiger partial charge is 0.180 e. The largest absolute Gasteiger partial charge is 0.506 e. The van der Waals surface area contributed by atoms with Crippen LogP contribution in [0.25, 0.3) is 0 Å². The molecule has 0 spiro atoms. The van der Waals surface area contributed by atoms with Crippen molar-refractivity contribution in [3.63, 3.8) is 0 Å². The monoisotopic (exact) mass is 243 g/mol. The second-order valence-electron chi connectivity index (χ2n) is 3.39. The van der Waals surface area contributed by atoms with Crippen LogP contribution in [0.5, 0.6) is 11.5 Å². The fourth-order valence-corrected chi connectivity index (χ4v) is 1.74. The van der Waals surface area contributed by atoms with E-state index in [-0.39, 0.29) is 28.8 Å². The number of hydrogen-bond donors (Lipinski definition) is 2. The van der Waals surface area contributed by atoms with Crippen molar-refractivity contribution in [1.82, 2.24) is 5.32 Å². The van der Waals surface area contributed by atoms with E-state index in [1.165, 1.54) is 7.11 Å². The highest BCUT2D eigenvalue weighted by molar-refractivity contribution is 6.34. The molecule has 0 saturated carbocycles. The van der Waals surface area contributed by atoms with Crippen molar-refractivity contribution in [2.45, 2.75) is 6.92 Å². The molecule has 1 rings (SSSR count). The molecule has 0 fully saturated rings. The number of carbonyl (C=O) groups excluding carboxylic acids is 1. The maximum Gasteiger partial charge on any atom is 0.180 e. The molecule has 0 atom stereocenters. The summed E-state index contributed by atoms with van der Waals surface area (Å²) >= 11 is 5.90. The molecule has 0 bridgehead atoms. The predicted molar refractivity (Wildman–Crippen MR) is 62.7 cm³/mol. The Balaban J connectivity index is 3.33. The number of methoxy groups -OCH3 is 1. The van der Waals surface area contributed by atoms with Crippen molar-refractivity contribution in [3.05, 3.63) is 22.2 Å². The number of aryl methyl sites for hydroxylation is 1. The maximum atomic E-state index is 11.8. The summed E-state index contributed by atoms with van der Waals surface area (Å²) < 4.78 is 5.04. The molecule has 5 heteroatoms. The van der Waals surface area contributed by atoms with E-state index in [0.717, 1.165) is 0 Å². The maximum absolute atomic E-state index is 11.8. The fourth-order valence-electron chi connectivity index (χ4n) is 1.41. The number of Topliss-reactive ketones (excluding diaryl/α,β-unsaturated/α-hetero) is 1. The fraction of sp³-hybridized carbons (Fsp3) is 0.364. The number of ketones is 1. The van der Waals surface area contributed by atoms with E-state index in [9.17, 15) is 9.90 Å². The summed E-state index contributed by atoms with van der Waals surface area (Å²) in [5.74, 6) is 0.0221. The number of phenolic OH excluding ortho intramolecular Hbond substituents is 1. The van der Waals surface area contributed by atoms with Crippen LogP contribution in [0.3, 0.4) is 0 Å². The Labute approximate surface area is 99.2 Å². The lowest BCUT2D eigenvalue weighted by Gasteiger charge is -2.12. The molecule has 0 aliphatic rings. The van der Waals surface area contributed by atoms with Gasteiger partial charge in [-0.05, 0) is 25.6 Å². The topological polar surface area (TPSA) is 58.6 Å². The number of ether oxygens (including phenoxy) is 1. The average molecular weight is 244 g/mol. The van der Waals surface area contributed by atoms with E-state index in [4.69, 9.17) is 16.3 Å². The van der Waals surface area contributed by atoms with Gasteiger partial charge in [-0.1, -0.05) is 11.6 Å². The number of benzene rings is 1. The predicted octanol–water partition coefficient (Wildman–Crippen LogP) is 1.76. The lowest BCUT2D eigenvalue weighted by Crippen LogP contribution is -2.19. The van der Waals surface area contributed by atoms with Crippen LogP contribution in [0.2, 0.25) is 5.02 Å². The quantitative estimate of drug-likeness (QED) is 0.792. The zero-order valence-electron chi connectivity index (χ0n) is 9.43. The van der Waals surface area contributed by atoms with Gasteiger partial charge in [0, 0.05) is 0 Å². The summed E-state index contributed by atoms with van der Waals surface area (Å²) in [5, 5.41) is 12.4. The average Bonchev–Trinajstić information content (AvgIpc) is 2.26. The molecule has 0 amide bonds. The molecule has 0 unspecified atom stereocenters. The summed E-state index contributed by atoms with van der Waals surface area (Å²) in [6.45, 7) is 1.87. The number of aromatic hydroxyl groups is 1. The molecule has 1 aromatic carbocycles. The molecule has 16 heavy (non-hydrogen) atoms. The summed E-state index contributed by atoms with van der Waals surface area (Å²) in [7, 11) is 3.09. The first-order valence-electron chi connectivity index (χ1n) is 4.76. The molecular weight excluding hydrogens is 230 g/mol. The highest BCUT2D eigenvalue weighted by Crippen LogP contribution is 2.38. The zero-order valence-corrected chi connectivity index (χ0v) is 10.2. The Kier molecular flexibility index (Phi) is 4.15. The second kappa shape index (κ2) is 5.18. The minimum Gasteiger partial charge on any atom is -0.506 e. The van der Waals surface area contributed by atoms with Gasteiger partial charge in [0.15, 0.2) is 11.5 Å². The minimum atomic E-state index is -0.135. The van der Waals surface area contributed by atoms with Crippen LogP contribution in [0.15, 0.2) is 6.07 Å². The lowest BCUT2D eigenvalue weighted by molar-refractivity contribution is 0.0990. The van der Waals surface area contributed by atoms with Crippen LogP contribution < -0.4 is 10.1 Å². The van der Waals surface area contributed by atoms with E-state index < -0.39 is 0 Å². The lowest BCUT2D eigenvalue weighted by atomic mass is 10.1. The van der Waals surface area contributed by atoms with Gasteiger partial charge in [0.2, 0.25) is 0 Å². The van der Waals surface area contributed by atoms with E-state index in [1.807, 2.05) is 0 Å². The second-order valence-corrected chi connectivity index (χ2v) is 3.77. The third-order valence-electron chi connectivity index (χ3n) is 2.23. The number of likely N-dealkylation sites (N-methyl/N-ethyl adjacent to an activating group) is 1. The molecule has 88 valence electrons. The van der Waals surface area contributed by atoms with Gasteiger partial charge in [0.25, 0.3) is 0 Å². The molecule has 0 saturated heterocycles. The van der Waals surface area contributed by atoms with Gasteiger partial charge < -0.3 is 15.2 Å². The van der Waals surface area contributed by atoms with Gasteiger partial charge >= 0.3 is 0 Å². The number of phenols is 1. The standard InChI is InChI=1S/C11H14ClNO3/c1-6-4-7(8(14)5-13-2)11(16-3)9(12)10(6)15/h4,13,15H,5H2,1-3H3. The van der Waals surface area contributed by atoms with Crippen molar-refractivity contribution in [2.75, 3.05) is 20.7 Å². The van der Waals surface area contributed by atoms with Crippen molar-refractivity contribution < 1.29 is 14.6 Å². The number of halogens is 1. The molecular formula is C11H14ClNO3. The molecule has 4 nitrogen and oxygen atoms in total. The Morgan fingerprint density at radius 1 is 1.62 bits per heavy atom. The molecule has 0 aliphatic carbocycles. The van der Waals surface area contributed by atoms with Crippen molar-refractivity contribution in [1.29, 1.82) is 0 Å². The van der Waals surface area contributed by atoms with Gasteiger partial charge in [-0.25, -0.2) is 0 Å². The van der Waals surface area contributed by atoms with Crippen LogP contribution in [-0.4, -0.2) is 31.6 Å². The molecule has 0 heterocycles. The molecule has 0 aliphatic heterocycles. The molecule has 1 aromatic rings. The zero-order chi connectivity index (χ0) is 12.3. The van der Waals surface area contributed by atoms with Gasteiger partial charge in [0.1, 0.15) is 10.8 Å². The molecule has 0 aromatic heterocycles. The van der Waals surface area contributed by atoms with Crippen molar-refractivity contribution >= 4 is 17.4 Å². The molecule has 0 radical (unpaired) electrons. The Morgan fingerprint density at radius 3 is 2.75 bits per heavy atom. The van der Waals surface area contributed by atoms with Crippen LogP contribution in [0, 0.1) is 6.92 Å². The summed E-state index contributed by atoms with van der Waals surface area (Å²) in [6.07, 6.45) is 0. The van der Waals surface area contributed by atoms with E-state index in [1.54, 1.807) is 20.0 Å². The third kappa shape index (κ3) is 2.28. The Morgan fingerprint density at radius 2 is 2.25 bits per heavy atom. The van der Waals surface area contributed by atoms with Crippen LogP contribution >= 0.6 is 11.6 Å². The molecule has 2 N–H and O–H groups in total. The summed E-state index contributed by atoms with van der Waals surface area (Å²) in [4.78, 5) is 11.8. The number of rotatable bonds is 4. The van der Waals surface area contributed by atoms with Crippen molar-refractivity contribution in [3.8, 4) is 11.5 Å². The van der Waals surface area contributed by atoms with Crippen molar-refractivity contribution in [2.24, 2.45) is 0 Å². The minimum absolute atomic E-state index is 0.0560. The summed E-state index contributed by atoms with van der Waals surface area (Å²) in [6, 6.07) is 1.57. The van der Waals surface area contributed by atoms with Crippen LogP contribution in [-0.2, 0) is 0 Å². The van der Waals surface area contributed by atoms with Crippen LogP contribution in [0.1, 0.15) is 15.9 Å². The van der Waals surface area contributed by atoms with Gasteiger partial charge in [-0.3, -0.25) is 4.79 Å².